The molecule has 132 valence electrons. The van der Waals surface area contributed by atoms with Gasteiger partial charge in [-0.05, 0) is 68.1 Å². The van der Waals surface area contributed by atoms with Crippen LogP contribution in [0.2, 0.25) is 0 Å². The van der Waals surface area contributed by atoms with Gasteiger partial charge >= 0.3 is 0 Å². The van der Waals surface area contributed by atoms with Crippen LogP contribution in [0.4, 0.5) is 5.69 Å². The molecule has 0 saturated heterocycles. The molecule has 0 fully saturated rings. The van der Waals surface area contributed by atoms with Crippen LogP contribution in [0.15, 0.2) is 36.1 Å². The van der Waals surface area contributed by atoms with Gasteiger partial charge in [0.05, 0.1) is 23.2 Å². The van der Waals surface area contributed by atoms with E-state index in [-0.39, 0.29) is 18.1 Å². The monoisotopic (exact) mass is 346 g/mol. The molecule has 0 bridgehead atoms. The van der Waals surface area contributed by atoms with Crippen molar-refractivity contribution in [3.63, 3.8) is 0 Å². The fraction of sp³-hybridized carbons (Fsp3) is 0.238. The third-order valence-electron chi connectivity index (χ3n) is 5.09. The van der Waals surface area contributed by atoms with E-state index in [1.54, 1.807) is 0 Å². The van der Waals surface area contributed by atoms with Gasteiger partial charge in [0.15, 0.2) is 0 Å². The maximum atomic E-state index is 10.6. The number of aromatic amines is 1. The maximum Gasteiger partial charge on any atom is 0.145 e. The van der Waals surface area contributed by atoms with Gasteiger partial charge in [0.1, 0.15) is 17.4 Å². The summed E-state index contributed by atoms with van der Waals surface area (Å²) in [5.74, 6) is 0.979. The van der Waals surface area contributed by atoms with Crippen molar-refractivity contribution in [1.29, 1.82) is 5.41 Å². The van der Waals surface area contributed by atoms with Crippen LogP contribution in [-0.4, -0.2) is 27.5 Å². The minimum atomic E-state index is 0.170. The van der Waals surface area contributed by atoms with Crippen LogP contribution in [0, 0.1) is 33.1 Å². The number of aliphatic hydroxyl groups is 1. The molecular weight excluding hydrogens is 324 g/mol. The van der Waals surface area contributed by atoms with Gasteiger partial charge in [0.2, 0.25) is 0 Å². The fourth-order valence-electron chi connectivity index (χ4n) is 3.43. The Hall–Kier alpha value is -3.08. The number of H-pyrrole nitrogens is 1. The molecule has 0 amide bonds. The number of aliphatic hydroxyl groups excluding tert-OH is 1. The molecule has 4 rings (SSSR count). The van der Waals surface area contributed by atoms with E-state index in [2.05, 4.69) is 35.9 Å². The summed E-state index contributed by atoms with van der Waals surface area (Å²) >= 11 is 0. The molecule has 0 aliphatic carbocycles. The van der Waals surface area contributed by atoms with Gasteiger partial charge in [-0.1, -0.05) is 12.1 Å². The number of aromatic nitrogens is 2. The second-order valence-corrected chi connectivity index (χ2v) is 7.09. The molecule has 5 heteroatoms. The number of imidazole rings is 1. The van der Waals surface area contributed by atoms with Crippen molar-refractivity contribution >= 4 is 28.1 Å². The maximum absolute atomic E-state index is 10.6. The summed E-state index contributed by atoms with van der Waals surface area (Å²) in [4.78, 5) is 9.72. The summed E-state index contributed by atoms with van der Waals surface area (Å²) in [6, 6.07) is 10.2. The molecule has 0 unspecified atom stereocenters. The molecule has 1 aliphatic rings. The topological polar surface area (TPSA) is 76.0 Å². The number of hydrogen-bond acceptors (Lipinski definition) is 3. The van der Waals surface area contributed by atoms with Crippen molar-refractivity contribution in [3.05, 3.63) is 64.2 Å². The highest BCUT2D eigenvalue weighted by Crippen LogP contribution is 2.33. The van der Waals surface area contributed by atoms with E-state index in [0.717, 1.165) is 27.8 Å². The van der Waals surface area contributed by atoms with Crippen LogP contribution in [0.25, 0.3) is 16.6 Å². The van der Waals surface area contributed by atoms with Gasteiger partial charge in [-0.2, -0.15) is 0 Å². The first-order chi connectivity index (χ1) is 12.3. The fourth-order valence-corrected chi connectivity index (χ4v) is 3.43. The van der Waals surface area contributed by atoms with Crippen LogP contribution in [-0.2, 0) is 0 Å². The van der Waals surface area contributed by atoms with Crippen molar-refractivity contribution in [1.82, 2.24) is 9.97 Å². The van der Waals surface area contributed by atoms with Crippen LogP contribution in [0.1, 0.15) is 28.1 Å². The normalized spacial score (nSPS) is 14.8. The average molecular weight is 346 g/mol. The number of fused-ring (bicyclic) bond motifs is 1. The molecule has 5 nitrogen and oxygen atoms in total. The Bertz CT molecular complexity index is 1050. The van der Waals surface area contributed by atoms with Crippen molar-refractivity contribution in [2.45, 2.75) is 27.7 Å². The lowest BCUT2D eigenvalue weighted by molar-refractivity contribution is 0.411. The van der Waals surface area contributed by atoms with E-state index < -0.39 is 0 Å². The Morgan fingerprint density at radius 2 is 1.77 bits per heavy atom. The van der Waals surface area contributed by atoms with Gasteiger partial charge in [0.25, 0.3) is 0 Å². The Morgan fingerprint density at radius 1 is 1.04 bits per heavy atom. The summed E-state index contributed by atoms with van der Waals surface area (Å²) < 4.78 is 0. The number of aryl methyl sites for hydroxylation is 4. The van der Waals surface area contributed by atoms with Crippen molar-refractivity contribution in [2.24, 2.45) is 0 Å². The van der Waals surface area contributed by atoms with Crippen molar-refractivity contribution < 1.29 is 5.11 Å². The number of hydrogen-bond donors (Lipinski definition) is 3. The third kappa shape index (κ3) is 2.47. The molecule has 3 N–H and O–H groups in total. The number of nitrogens with one attached hydrogen (secondary N) is 2. The van der Waals surface area contributed by atoms with E-state index in [0.29, 0.717) is 11.4 Å². The molecule has 1 aromatic heterocycles. The van der Waals surface area contributed by atoms with Gasteiger partial charge in [-0.25, -0.2) is 4.98 Å². The predicted molar refractivity (Wildman–Crippen MR) is 106 cm³/mol. The zero-order valence-electron chi connectivity index (χ0n) is 15.4. The molecule has 3 aromatic rings. The quantitative estimate of drug-likeness (QED) is 0.636. The molecule has 2 aromatic carbocycles. The predicted octanol–water partition coefficient (Wildman–Crippen LogP) is 4.56. The summed E-state index contributed by atoms with van der Waals surface area (Å²) in [6.07, 6.45) is 0. The number of rotatable bonds is 2. The lowest BCUT2D eigenvalue weighted by Crippen LogP contribution is -2.27. The van der Waals surface area contributed by atoms with E-state index in [1.165, 1.54) is 11.1 Å². The number of nitrogens with zero attached hydrogens (tertiary/aromatic N) is 2. The first-order valence-corrected chi connectivity index (χ1v) is 8.68. The van der Waals surface area contributed by atoms with Gasteiger partial charge < -0.3 is 15.0 Å². The highest BCUT2D eigenvalue weighted by molar-refractivity contribution is 6.30. The molecular formula is C21H22N4O. The molecule has 26 heavy (non-hydrogen) atoms. The first kappa shape index (κ1) is 16.4. The highest BCUT2D eigenvalue weighted by Gasteiger charge is 2.32. The number of benzene rings is 2. The smallest absolute Gasteiger partial charge is 0.145 e. The van der Waals surface area contributed by atoms with Gasteiger partial charge in [-0.15, -0.1) is 0 Å². The SMILES string of the molecule is Cc1ccc(C)c(N2CC(O)=C(c3nc4cc(C)c(C)cc4[nH]3)C2=N)c1. The Balaban J connectivity index is 1.77. The summed E-state index contributed by atoms with van der Waals surface area (Å²) in [5.41, 5.74) is 7.74. The summed E-state index contributed by atoms with van der Waals surface area (Å²) in [6.45, 7) is 8.45. The van der Waals surface area contributed by atoms with E-state index in [1.807, 2.05) is 36.9 Å². The average Bonchev–Trinajstić information content (AvgIpc) is 3.10. The van der Waals surface area contributed by atoms with Gasteiger partial charge in [-0.3, -0.25) is 5.41 Å². The molecule has 1 aliphatic heterocycles. The Kier molecular flexibility index (Phi) is 3.61. The highest BCUT2D eigenvalue weighted by atomic mass is 16.3. The lowest BCUT2D eigenvalue weighted by Gasteiger charge is -2.21. The lowest BCUT2D eigenvalue weighted by atomic mass is 10.1. The summed E-state index contributed by atoms with van der Waals surface area (Å²) in [7, 11) is 0. The van der Waals surface area contributed by atoms with Crippen LogP contribution in [0.5, 0.6) is 0 Å². The number of anilines is 1. The second kappa shape index (κ2) is 5.73. The molecule has 2 heterocycles. The zero-order valence-corrected chi connectivity index (χ0v) is 15.4. The van der Waals surface area contributed by atoms with Crippen LogP contribution >= 0.6 is 0 Å². The number of amidine groups is 1. The molecule has 0 spiro atoms. The third-order valence-corrected chi connectivity index (χ3v) is 5.09. The first-order valence-electron chi connectivity index (χ1n) is 8.68. The van der Waals surface area contributed by atoms with E-state index in [9.17, 15) is 5.11 Å². The zero-order chi connectivity index (χ0) is 18.6. The van der Waals surface area contributed by atoms with E-state index in [4.69, 9.17) is 5.41 Å². The molecule has 0 radical (unpaired) electrons. The Labute approximate surface area is 152 Å². The van der Waals surface area contributed by atoms with Gasteiger partial charge in [0, 0.05) is 5.69 Å². The largest absolute Gasteiger partial charge is 0.509 e. The van der Waals surface area contributed by atoms with Crippen LogP contribution in [0.3, 0.4) is 0 Å². The molecule has 0 atom stereocenters. The minimum Gasteiger partial charge on any atom is -0.509 e. The summed E-state index contributed by atoms with van der Waals surface area (Å²) in [5, 5.41) is 19.2. The molecule has 0 saturated carbocycles. The van der Waals surface area contributed by atoms with Crippen molar-refractivity contribution in [2.75, 3.05) is 11.4 Å². The minimum absolute atomic E-state index is 0.170. The Morgan fingerprint density at radius 3 is 2.54 bits per heavy atom. The second-order valence-electron chi connectivity index (χ2n) is 7.09. The van der Waals surface area contributed by atoms with E-state index >= 15 is 0 Å². The van der Waals surface area contributed by atoms with Crippen molar-refractivity contribution in [3.8, 4) is 0 Å². The van der Waals surface area contributed by atoms with Crippen LogP contribution < -0.4 is 4.90 Å². The standard InChI is InChI=1S/C21H22N4O/c1-11-5-6-12(2)17(7-11)25-10-18(26)19(20(25)22)21-23-15-8-13(3)14(4)9-16(15)24-21/h5-9,22,26H,10H2,1-4H3,(H,23,24).